The molecule has 3 rings (SSSR count). The number of aromatic nitrogens is 3. The standard InChI is InChI=1S/C16H16N4/c1-2-4-13(5-3-1)16(14-6-8-17-9-7-14)19-11-15-10-18-12-20-15/h1-10,12,16,19H,11H2,(H,18,20). The van der Waals surface area contributed by atoms with E-state index in [9.17, 15) is 0 Å². The van der Waals surface area contributed by atoms with Crippen LogP contribution in [-0.4, -0.2) is 15.0 Å². The molecule has 2 aromatic heterocycles. The SMILES string of the molecule is c1ccc(C(NCc2cnc[nH]2)c2ccncc2)cc1. The van der Waals surface area contributed by atoms with Crippen molar-refractivity contribution in [2.24, 2.45) is 0 Å². The highest BCUT2D eigenvalue weighted by Gasteiger charge is 2.13. The molecule has 0 fully saturated rings. The van der Waals surface area contributed by atoms with Gasteiger partial charge in [-0.05, 0) is 23.3 Å². The normalized spacial score (nSPS) is 12.2. The number of nitrogens with zero attached hydrogens (tertiary/aromatic N) is 2. The molecule has 0 radical (unpaired) electrons. The molecule has 0 spiro atoms. The molecule has 2 N–H and O–H groups in total. The molecule has 0 bridgehead atoms. The van der Waals surface area contributed by atoms with Crippen LogP contribution >= 0.6 is 0 Å². The van der Waals surface area contributed by atoms with Gasteiger partial charge < -0.3 is 10.3 Å². The summed E-state index contributed by atoms with van der Waals surface area (Å²) in [7, 11) is 0. The smallest absolute Gasteiger partial charge is 0.0922 e. The number of benzene rings is 1. The second kappa shape index (κ2) is 6.12. The maximum Gasteiger partial charge on any atom is 0.0922 e. The topological polar surface area (TPSA) is 53.6 Å². The molecule has 1 unspecified atom stereocenters. The van der Waals surface area contributed by atoms with Gasteiger partial charge in [0, 0.05) is 30.8 Å². The van der Waals surface area contributed by atoms with Gasteiger partial charge in [-0.25, -0.2) is 4.98 Å². The lowest BCUT2D eigenvalue weighted by Crippen LogP contribution is -2.22. The number of aromatic amines is 1. The van der Waals surface area contributed by atoms with Gasteiger partial charge in [-0.15, -0.1) is 0 Å². The van der Waals surface area contributed by atoms with Gasteiger partial charge in [0.25, 0.3) is 0 Å². The summed E-state index contributed by atoms with van der Waals surface area (Å²) in [5.74, 6) is 0. The van der Waals surface area contributed by atoms with Gasteiger partial charge >= 0.3 is 0 Å². The van der Waals surface area contributed by atoms with Crippen LogP contribution in [0.5, 0.6) is 0 Å². The van der Waals surface area contributed by atoms with E-state index in [1.165, 1.54) is 11.1 Å². The zero-order valence-electron chi connectivity index (χ0n) is 11.0. The monoisotopic (exact) mass is 264 g/mol. The number of pyridine rings is 1. The van der Waals surface area contributed by atoms with Crippen LogP contribution in [0, 0.1) is 0 Å². The van der Waals surface area contributed by atoms with Crippen molar-refractivity contribution in [2.45, 2.75) is 12.6 Å². The molecule has 0 saturated carbocycles. The van der Waals surface area contributed by atoms with Gasteiger partial charge in [0.1, 0.15) is 0 Å². The van der Waals surface area contributed by atoms with Gasteiger partial charge in [0.15, 0.2) is 0 Å². The van der Waals surface area contributed by atoms with Gasteiger partial charge in [0.05, 0.1) is 12.4 Å². The highest BCUT2D eigenvalue weighted by Crippen LogP contribution is 2.21. The zero-order valence-corrected chi connectivity index (χ0v) is 11.0. The van der Waals surface area contributed by atoms with Crippen LogP contribution < -0.4 is 5.32 Å². The highest BCUT2D eigenvalue weighted by atomic mass is 15.0. The summed E-state index contributed by atoms with van der Waals surface area (Å²) in [6.07, 6.45) is 7.18. The van der Waals surface area contributed by atoms with E-state index in [0.717, 1.165) is 12.2 Å². The molecule has 0 amide bonds. The molecule has 4 heteroatoms. The maximum atomic E-state index is 4.09. The molecule has 1 atom stereocenters. The quantitative estimate of drug-likeness (QED) is 0.745. The van der Waals surface area contributed by atoms with Crippen molar-refractivity contribution in [3.05, 3.63) is 84.2 Å². The van der Waals surface area contributed by atoms with E-state index in [4.69, 9.17) is 0 Å². The first-order valence-corrected chi connectivity index (χ1v) is 6.59. The van der Waals surface area contributed by atoms with Crippen LogP contribution in [0.2, 0.25) is 0 Å². The highest BCUT2D eigenvalue weighted by molar-refractivity contribution is 5.30. The lowest BCUT2D eigenvalue weighted by atomic mass is 10.00. The first-order chi connectivity index (χ1) is 9.93. The van der Waals surface area contributed by atoms with E-state index in [2.05, 4.69) is 44.5 Å². The fourth-order valence-electron chi connectivity index (χ4n) is 2.22. The Kier molecular flexibility index (Phi) is 3.85. The Hall–Kier alpha value is -2.46. The first-order valence-electron chi connectivity index (χ1n) is 6.59. The molecule has 0 aliphatic heterocycles. The van der Waals surface area contributed by atoms with Gasteiger partial charge in [-0.3, -0.25) is 4.98 Å². The third-order valence-corrected chi connectivity index (χ3v) is 3.22. The summed E-state index contributed by atoms with van der Waals surface area (Å²) in [6, 6.07) is 14.6. The van der Waals surface area contributed by atoms with Crippen LogP contribution in [0.3, 0.4) is 0 Å². The Morgan fingerprint density at radius 2 is 1.70 bits per heavy atom. The Bertz CT molecular complexity index is 581. The van der Waals surface area contributed by atoms with E-state index in [-0.39, 0.29) is 6.04 Å². The second-order valence-electron chi connectivity index (χ2n) is 4.58. The molecular weight excluding hydrogens is 248 g/mol. The summed E-state index contributed by atoms with van der Waals surface area (Å²) >= 11 is 0. The zero-order chi connectivity index (χ0) is 13.6. The largest absolute Gasteiger partial charge is 0.347 e. The van der Waals surface area contributed by atoms with Crippen molar-refractivity contribution in [1.82, 2.24) is 20.3 Å². The van der Waals surface area contributed by atoms with Crippen molar-refractivity contribution in [3.63, 3.8) is 0 Å². The third-order valence-electron chi connectivity index (χ3n) is 3.22. The van der Waals surface area contributed by atoms with E-state index in [1.807, 2.05) is 36.8 Å². The van der Waals surface area contributed by atoms with Crippen molar-refractivity contribution >= 4 is 0 Å². The van der Waals surface area contributed by atoms with E-state index in [0.29, 0.717) is 0 Å². The Morgan fingerprint density at radius 3 is 2.40 bits per heavy atom. The lowest BCUT2D eigenvalue weighted by molar-refractivity contribution is 0.598. The third kappa shape index (κ3) is 2.92. The molecule has 20 heavy (non-hydrogen) atoms. The lowest BCUT2D eigenvalue weighted by Gasteiger charge is -2.19. The van der Waals surface area contributed by atoms with Gasteiger partial charge in [-0.2, -0.15) is 0 Å². The number of hydrogen-bond donors (Lipinski definition) is 2. The van der Waals surface area contributed by atoms with Crippen LogP contribution in [0.4, 0.5) is 0 Å². The van der Waals surface area contributed by atoms with E-state index >= 15 is 0 Å². The molecule has 0 saturated heterocycles. The van der Waals surface area contributed by atoms with Crippen molar-refractivity contribution in [2.75, 3.05) is 0 Å². The molecule has 0 aliphatic carbocycles. The van der Waals surface area contributed by atoms with Crippen LogP contribution in [-0.2, 0) is 6.54 Å². The number of rotatable bonds is 5. The van der Waals surface area contributed by atoms with Crippen LogP contribution in [0.15, 0.2) is 67.4 Å². The summed E-state index contributed by atoms with van der Waals surface area (Å²) in [5.41, 5.74) is 3.50. The summed E-state index contributed by atoms with van der Waals surface area (Å²) in [4.78, 5) is 11.2. The number of nitrogens with one attached hydrogen (secondary N) is 2. The summed E-state index contributed by atoms with van der Waals surface area (Å²) in [5, 5.41) is 3.56. The first kappa shape index (κ1) is 12.6. The van der Waals surface area contributed by atoms with E-state index in [1.54, 1.807) is 6.33 Å². The molecular formula is C16H16N4. The number of hydrogen-bond acceptors (Lipinski definition) is 3. The predicted octanol–water partition coefficient (Wildman–Crippen LogP) is 2.68. The maximum absolute atomic E-state index is 4.09. The minimum atomic E-state index is 0.141. The predicted molar refractivity (Wildman–Crippen MR) is 77.9 cm³/mol. The molecule has 0 aliphatic rings. The van der Waals surface area contributed by atoms with Crippen molar-refractivity contribution in [1.29, 1.82) is 0 Å². The minimum absolute atomic E-state index is 0.141. The summed E-state index contributed by atoms with van der Waals surface area (Å²) in [6.45, 7) is 0.738. The van der Waals surface area contributed by atoms with Crippen LogP contribution in [0.1, 0.15) is 22.9 Å². The number of H-pyrrole nitrogens is 1. The van der Waals surface area contributed by atoms with Crippen LogP contribution in [0.25, 0.3) is 0 Å². The second-order valence-corrected chi connectivity index (χ2v) is 4.58. The average Bonchev–Trinajstić information content (AvgIpc) is 3.03. The summed E-state index contributed by atoms with van der Waals surface area (Å²) < 4.78 is 0. The Labute approximate surface area is 117 Å². The average molecular weight is 264 g/mol. The molecule has 100 valence electrons. The molecule has 3 aromatic rings. The molecule has 2 heterocycles. The van der Waals surface area contributed by atoms with E-state index < -0.39 is 0 Å². The Morgan fingerprint density at radius 1 is 0.950 bits per heavy atom. The fourth-order valence-corrected chi connectivity index (χ4v) is 2.22. The van der Waals surface area contributed by atoms with Gasteiger partial charge in [0.2, 0.25) is 0 Å². The Balaban J connectivity index is 1.84. The van der Waals surface area contributed by atoms with Crippen molar-refractivity contribution in [3.8, 4) is 0 Å². The van der Waals surface area contributed by atoms with Crippen molar-refractivity contribution < 1.29 is 0 Å². The minimum Gasteiger partial charge on any atom is -0.347 e. The molecule has 4 nitrogen and oxygen atoms in total. The fraction of sp³-hybridized carbons (Fsp3) is 0.125. The molecule has 1 aromatic carbocycles. The number of imidazole rings is 1. The van der Waals surface area contributed by atoms with Gasteiger partial charge in [-0.1, -0.05) is 30.3 Å².